The third-order valence-corrected chi connectivity index (χ3v) is 5.12. The Morgan fingerprint density at radius 2 is 1.81 bits per heavy atom. The largest absolute Gasteiger partial charge is 0.416 e. The molecule has 0 spiro atoms. The Labute approximate surface area is 119 Å². The number of halogens is 4. The van der Waals surface area contributed by atoms with Gasteiger partial charge < -0.3 is 5.32 Å². The van der Waals surface area contributed by atoms with Gasteiger partial charge in [-0.2, -0.15) is 13.2 Å². The first-order valence-corrected chi connectivity index (χ1v) is 7.84. The molecule has 118 valence electrons. The highest BCUT2D eigenvalue weighted by molar-refractivity contribution is 7.93. The van der Waals surface area contributed by atoms with E-state index >= 15 is 0 Å². The van der Waals surface area contributed by atoms with Crippen LogP contribution < -0.4 is 10.0 Å². The van der Waals surface area contributed by atoms with E-state index in [1.165, 1.54) is 0 Å². The lowest BCUT2D eigenvalue weighted by Gasteiger charge is -2.23. The second-order valence-corrected chi connectivity index (χ2v) is 6.75. The first-order valence-electron chi connectivity index (χ1n) is 6.29. The van der Waals surface area contributed by atoms with Crippen molar-refractivity contribution in [2.45, 2.75) is 24.3 Å². The molecule has 1 saturated heterocycles. The van der Waals surface area contributed by atoms with Crippen LogP contribution in [0, 0.1) is 5.82 Å². The van der Waals surface area contributed by atoms with Crippen molar-refractivity contribution in [3.05, 3.63) is 29.6 Å². The third kappa shape index (κ3) is 3.85. The number of rotatable bonds is 3. The Morgan fingerprint density at radius 3 is 2.38 bits per heavy atom. The van der Waals surface area contributed by atoms with E-state index in [0.29, 0.717) is 44.1 Å². The number of sulfonamides is 1. The summed E-state index contributed by atoms with van der Waals surface area (Å²) in [5.41, 5.74) is -1.78. The molecule has 0 aromatic heterocycles. The first-order chi connectivity index (χ1) is 9.70. The minimum absolute atomic E-state index is 0.329. The zero-order valence-corrected chi connectivity index (χ0v) is 11.7. The molecule has 0 amide bonds. The average Bonchev–Trinajstić information content (AvgIpc) is 2.41. The molecular formula is C12H14F4N2O2S. The van der Waals surface area contributed by atoms with E-state index in [2.05, 4.69) is 5.32 Å². The molecular weight excluding hydrogens is 312 g/mol. The Hall–Kier alpha value is -1.35. The maximum Gasteiger partial charge on any atom is 0.416 e. The van der Waals surface area contributed by atoms with Gasteiger partial charge >= 0.3 is 6.18 Å². The number of hydrogen-bond acceptors (Lipinski definition) is 3. The van der Waals surface area contributed by atoms with Crippen LogP contribution in [-0.2, 0) is 16.2 Å². The fraction of sp³-hybridized carbons (Fsp3) is 0.500. The molecule has 0 bridgehead atoms. The summed E-state index contributed by atoms with van der Waals surface area (Å²) in [6.45, 7) is 0.993. The topological polar surface area (TPSA) is 58.2 Å². The van der Waals surface area contributed by atoms with Crippen molar-refractivity contribution in [3.8, 4) is 0 Å². The molecule has 9 heteroatoms. The first kappa shape index (κ1) is 16.0. The van der Waals surface area contributed by atoms with Crippen LogP contribution in [0.25, 0.3) is 0 Å². The van der Waals surface area contributed by atoms with Gasteiger partial charge in [0.1, 0.15) is 5.82 Å². The van der Waals surface area contributed by atoms with Crippen molar-refractivity contribution in [1.29, 1.82) is 0 Å². The molecule has 21 heavy (non-hydrogen) atoms. The predicted molar refractivity (Wildman–Crippen MR) is 69.8 cm³/mol. The fourth-order valence-corrected chi connectivity index (χ4v) is 3.61. The van der Waals surface area contributed by atoms with Gasteiger partial charge in [0.05, 0.1) is 16.5 Å². The number of nitrogens with one attached hydrogen (secondary N) is 2. The lowest BCUT2D eigenvalue weighted by molar-refractivity contribution is -0.137. The SMILES string of the molecule is O=S(=O)(Nc1cc(C(F)(F)F)ccc1F)C1CCNCC1. The van der Waals surface area contributed by atoms with Crippen molar-refractivity contribution >= 4 is 15.7 Å². The maximum absolute atomic E-state index is 13.5. The van der Waals surface area contributed by atoms with Gasteiger partial charge in [-0.1, -0.05) is 0 Å². The molecule has 1 fully saturated rings. The molecule has 0 unspecified atom stereocenters. The number of alkyl halides is 3. The van der Waals surface area contributed by atoms with Gasteiger partial charge in [-0.15, -0.1) is 0 Å². The lowest BCUT2D eigenvalue weighted by atomic mass is 10.2. The molecule has 0 saturated carbocycles. The number of anilines is 1. The van der Waals surface area contributed by atoms with Crippen LogP contribution >= 0.6 is 0 Å². The van der Waals surface area contributed by atoms with Crippen LogP contribution in [0.2, 0.25) is 0 Å². The molecule has 0 aliphatic carbocycles. The van der Waals surface area contributed by atoms with Gasteiger partial charge in [-0.3, -0.25) is 4.72 Å². The van der Waals surface area contributed by atoms with Crippen molar-refractivity contribution in [3.63, 3.8) is 0 Å². The normalized spacial score (nSPS) is 17.7. The summed E-state index contributed by atoms with van der Waals surface area (Å²) in [7, 11) is -3.92. The molecule has 0 radical (unpaired) electrons. The minimum Gasteiger partial charge on any atom is -0.317 e. The number of hydrogen-bond donors (Lipinski definition) is 2. The van der Waals surface area contributed by atoms with Crippen LogP contribution in [0.15, 0.2) is 18.2 Å². The van der Waals surface area contributed by atoms with E-state index in [1.807, 2.05) is 4.72 Å². The van der Waals surface area contributed by atoms with Gasteiger partial charge in [0.15, 0.2) is 0 Å². The quantitative estimate of drug-likeness (QED) is 0.838. The van der Waals surface area contributed by atoms with Crippen LogP contribution in [-0.4, -0.2) is 26.8 Å². The lowest BCUT2D eigenvalue weighted by Crippen LogP contribution is -2.38. The van der Waals surface area contributed by atoms with Crippen LogP contribution in [0.4, 0.5) is 23.2 Å². The summed E-state index contributed by atoms with van der Waals surface area (Å²) in [5.74, 6) is -1.04. The fourth-order valence-electron chi connectivity index (χ4n) is 2.12. The second kappa shape index (κ2) is 5.80. The van der Waals surface area contributed by atoms with Crippen molar-refractivity contribution in [2.24, 2.45) is 0 Å². The predicted octanol–water partition coefficient (Wildman–Crippen LogP) is 2.34. The summed E-state index contributed by atoms with van der Waals surface area (Å²) in [6.07, 6.45) is -4.01. The van der Waals surface area contributed by atoms with Gasteiger partial charge in [-0.05, 0) is 44.1 Å². The van der Waals surface area contributed by atoms with E-state index in [-0.39, 0.29) is 0 Å². The summed E-state index contributed by atoms with van der Waals surface area (Å²) in [5, 5.41) is 2.23. The highest BCUT2D eigenvalue weighted by Gasteiger charge is 2.32. The standard InChI is InChI=1S/C12H14F4N2O2S/c13-10-2-1-8(12(14,15)16)7-11(10)18-21(19,20)9-3-5-17-6-4-9/h1-2,7,9,17-18H,3-6H2. The molecule has 1 aliphatic rings. The molecule has 1 aliphatic heterocycles. The van der Waals surface area contributed by atoms with E-state index in [9.17, 15) is 26.0 Å². The van der Waals surface area contributed by atoms with Crippen LogP contribution in [0.5, 0.6) is 0 Å². The van der Waals surface area contributed by atoms with E-state index in [1.54, 1.807) is 0 Å². The van der Waals surface area contributed by atoms with E-state index < -0.39 is 38.5 Å². The smallest absolute Gasteiger partial charge is 0.317 e. The zero-order valence-electron chi connectivity index (χ0n) is 10.9. The molecule has 4 nitrogen and oxygen atoms in total. The minimum atomic E-state index is -4.66. The summed E-state index contributed by atoms with van der Waals surface area (Å²) >= 11 is 0. The van der Waals surface area contributed by atoms with Gasteiger partial charge in [0.2, 0.25) is 10.0 Å². The highest BCUT2D eigenvalue weighted by Crippen LogP contribution is 2.32. The molecule has 1 heterocycles. The van der Waals surface area contributed by atoms with Crippen LogP contribution in [0.1, 0.15) is 18.4 Å². The summed E-state index contributed by atoms with van der Waals surface area (Å²) < 4.78 is 77.4. The summed E-state index contributed by atoms with van der Waals surface area (Å²) in [4.78, 5) is 0. The molecule has 2 N–H and O–H groups in total. The van der Waals surface area contributed by atoms with Crippen molar-refractivity contribution < 1.29 is 26.0 Å². The van der Waals surface area contributed by atoms with Gasteiger partial charge in [-0.25, -0.2) is 12.8 Å². The molecule has 1 aromatic carbocycles. The summed E-state index contributed by atoms with van der Waals surface area (Å²) in [6, 6.07) is 1.63. The Balaban J connectivity index is 2.26. The number of piperidine rings is 1. The van der Waals surface area contributed by atoms with Crippen molar-refractivity contribution in [1.82, 2.24) is 5.32 Å². The monoisotopic (exact) mass is 326 g/mol. The average molecular weight is 326 g/mol. The van der Waals surface area contributed by atoms with E-state index in [4.69, 9.17) is 0 Å². The highest BCUT2D eigenvalue weighted by atomic mass is 32.2. The van der Waals surface area contributed by atoms with Crippen molar-refractivity contribution in [2.75, 3.05) is 17.8 Å². The Kier molecular flexibility index (Phi) is 4.43. The van der Waals surface area contributed by atoms with Gasteiger partial charge in [0.25, 0.3) is 0 Å². The van der Waals surface area contributed by atoms with Gasteiger partial charge in [0, 0.05) is 0 Å². The Morgan fingerprint density at radius 1 is 1.19 bits per heavy atom. The third-order valence-electron chi connectivity index (χ3n) is 3.27. The zero-order chi connectivity index (χ0) is 15.7. The van der Waals surface area contributed by atoms with Crippen LogP contribution in [0.3, 0.4) is 0 Å². The number of benzene rings is 1. The molecule has 1 aromatic rings. The molecule has 2 rings (SSSR count). The molecule has 0 atom stereocenters. The maximum atomic E-state index is 13.5. The van der Waals surface area contributed by atoms with E-state index in [0.717, 1.165) is 0 Å². The second-order valence-electron chi connectivity index (χ2n) is 4.79. The Bertz CT molecular complexity index is 610.